The first kappa shape index (κ1) is 27.9. The van der Waals surface area contributed by atoms with Gasteiger partial charge in [0.05, 0.1) is 21.3 Å². The zero-order valence-corrected chi connectivity index (χ0v) is 18.3. The average Bonchev–Trinajstić information content (AvgIpc) is 2.86. The molecule has 3 nitrogen and oxygen atoms in total. The number of benzene rings is 3. The third kappa shape index (κ3) is 3.98. The predicted octanol–water partition coefficient (Wildman–Crippen LogP) is 3.90. The van der Waals surface area contributed by atoms with Crippen molar-refractivity contribution in [2.45, 2.75) is 0 Å². The molecular formula is C21H9BF12O3. The molecule has 0 heterocycles. The molecule has 0 saturated heterocycles. The van der Waals surface area contributed by atoms with Gasteiger partial charge in [-0.25, -0.2) is 26.3 Å². The topological polar surface area (TPSA) is 27.7 Å². The van der Waals surface area contributed by atoms with Crippen LogP contribution in [0.2, 0.25) is 0 Å². The Bertz CT molecular complexity index is 1170. The van der Waals surface area contributed by atoms with Crippen LogP contribution >= 0.6 is 0 Å². The summed E-state index contributed by atoms with van der Waals surface area (Å²) in [4.78, 5) is 0. The van der Waals surface area contributed by atoms with Crippen molar-refractivity contribution in [3.8, 4) is 17.2 Å². The molecule has 0 aliphatic rings. The highest BCUT2D eigenvalue weighted by atomic mass is 19.2. The quantitative estimate of drug-likeness (QED) is 0.266. The van der Waals surface area contributed by atoms with E-state index in [0.717, 1.165) is 0 Å². The van der Waals surface area contributed by atoms with Gasteiger partial charge in [0.2, 0.25) is 34.9 Å². The number of halogens is 12. The van der Waals surface area contributed by atoms with Gasteiger partial charge >= 0.3 is 0 Å². The van der Waals surface area contributed by atoms with Crippen LogP contribution in [0.15, 0.2) is 0 Å². The summed E-state index contributed by atoms with van der Waals surface area (Å²) in [7, 11) is 1.58. The van der Waals surface area contributed by atoms with E-state index in [4.69, 9.17) is 0 Å². The van der Waals surface area contributed by atoms with Gasteiger partial charge < -0.3 is 14.2 Å². The molecule has 0 aromatic heterocycles. The Kier molecular flexibility index (Phi) is 7.51. The lowest BCUT2D eigenvalue weighted by molar-refractivity contribution is 0.333. The van der Waals surface area contributed by atoms with Crippen molar-refractivity contribution < 1.29 is 66.9 Å². The summed E-state index contributed by atoms with van der Waals surface area (Å²) >= 11 is 0. The van der Waals surface area contributed by atoms with Crippen LogP contribution in [0.5, 0.6) is 17.2 Å². The number of ether oxygens (including phenoxy) is 3. The Balaban J connectivity index is 2.67. The van der Waals surface area contributed by atoms with Gasteiger partial charge in [-0.05, 0) is 0 Å². The van der Waals surface area contributed by atoms with Gasteiger partial charge in [-0.2, -0.15) is 26.3 Å². The minimum absolute atomic E-state index is 0.526. The second kappa shape index (κ2) is 9.97. The molecule has 0 N–H and O–H groups in total. The maximum absolute atomic E-state index is 15.0. The summed E-state index contributed by atoms with van der Waals surface area (Å²) in [5.74, 6) is -35.8. The highest BCUT2D eigenvalue weighted by Gasteiger charge is 2.45. The molecule has 0 saturated carbocycles. The van der Waals surface area contributed by atoms with Gasteiger partial charge in [0.25, 0.3) is 6.71 Å². The Hall–Kier alpha value is -3.72. The van der Waals surface area contributed by atoms with E-state index in [0.29, 0.717) is 21.3 Å². The first-order valence-electron chi connectivity index (χ1n) is 9.47. The Morgan fingerprint density at radius 1 is 0.324 bits per heavy atom. The third-order valence-corrected chi connectivity index (χ3v) is 5.25. The van der Waals surface area contributed by atoms with Crippen LogP contribution in [-0.2, 0) is 0 Å². The molecule has 0 unspecified atom stereocenters. The second-order valence-corrected chi connectivity index (χ2v) is 7.04. The number of methoxy groups -OCH3 is 3. The van der Waals surface area contributed by atoms with E-state index in [1.54, 1.807) is 0 Å². The van der Waals surface area contributed by atoms with Crippen molar-refractivity contribution >= 4 is 23.1 Å². The van der Waals surface area contributed by atoms with Gasteiger partial charge in [-0.1, -0.05) is 0 Å². The molecule has 0 fully saturated rings. The van der Waals surface area contributed by atoms with Crippen LogP contribution in [0.25, 0.3) is 0 Å². The summed E-state index contributed by atoms with van der Waals surface area (Å²) in [6.07, 6.45) is 0. The molecule has 3 rings (SSSR count). The van der Waals surface area contributed by atoms with E-state index < -0.39 is 110 Å². The van der Waals surface area contributed by atoms with E-state index in [1.165, 1.54) is 0 Å². The monoisotopic (exact) mass is 548 g/mol. The molecule has 0 aliphatic heterocycles. The van der Waals surface area contributed by atoms with Crippen LogP contribution in [0.3, 0.4) is 0 Å². The lowest BCUT2D eigenvalue weighted by Gasteiger charge is -2.22. The smallest absolute Gasteiger partial charge is 0.265 e. The van der Waals surface area contributed by atoms with Crippen LogP contribution in [-0.4, -0.2) is 28.0 Å². The first-order valence-corrected chi connectivity index (χ1v) is 9.47. The SMILES string of the molecule is COc1c(F)c(F)c(B(c2c(F)c(F)c(OC)c(F)c2F)c2c(F)c(F)c(OC)c(F)c2F)c(F)c1F. The fraction of sp³-hybridized carbons (Fsp3) is 0.143. The molecule has 198 valence electrons. The van der Waals surface area contributed by atoms with Gasteiger partial charge in [0.1, 0.15) is 0 Å². The number of hydrogen-bond donors (Lipinski definition) is 0. The van der Waals surface area contributed by atoms with Gasteiger partial charge in [-0.15, -0.1) is 0 Å². The largest absolute Gasteiger partial charge is 0.491 e. The first-order chi connectivity index (χ1) is 17.3. The zero-order valence-electron chi connectivity index (χ0n) is 18.3. The predicted molar refractivity (Wildman–Crippen MR) is 103 cm³/mol. The van der Waals surface area contributed by atoms with Crippen molar-refractivity contribution in [3.05, 3.63) is 69.8 Å². The third-order valence-electron chi connectivity index (χ3n) is 5.25. The number of hydrogen-bond acceptors (Lipinski definition) is 3. The van der Waals surface area contributed by atoms with Crippen molar-refractivity contribution in [1.82, 2.24) is 0 Å². The van der Waals surface area contributed by atoms with Crippen LogP contribution < -0.4 is 30.6 Å². The van der Waals surface area contributed by atoms with Crippen LogP contribution in [0, 0.1) is 69.8 Å². The Labute approximate surface area is 199 Å². The molecule has 0 atom stereocenters. The van der Waals surface area contributed by atoms with Crippen molar-refractivity contribution in [3.63, 3.8) is 0 Å². The zero-order chi connectivity index (χ0) is 28.1. The molecule has 0 bridgehead atoms. The summed E-state index contributed by atoms with van der Waals surface area (Å²) in [5, 5.41) is 0. The number of rotatable bonds is 6. The maximum atomic E-state index is 15.0. The standard InChI is InChI=1S/C21H9BF12O3/c1-35-19-13(29)7(23)4(8(24)14(19)30)22(5-9(25)15(31)20(36-2)16(32)10(5)26)6-11(27)17(33)21(37-3)18(34)12(6)28/h1-3H3. The molecule has 37 heavy (non-hydrogen) atoms. The van der Waals surface area contributed by atoms with Crippen LogP contribution in [0.1, 0.15) is 0 Å². The second-order valence-electron chi connectivity index (χ2n) is 7.04. The van der Waals surface area contributed by atoms with Gasteiger partial charge in [0, 0.05) is 16.4 Å². The molecule has 16 heteroatoms. The van der Waals surface area contributed by atoms with Crippen molar-refractivity contribution in [2.75, 3.05) is 21.3 Å². The van der Waals surface area contributed by atoms with E-state index in [1.807, 2.05) is 0 Å². The molecule has 0 amide bonds. The Morgan fingerprint density at radius 3 is 0.622 bits per heavy atom. The molecule has 0 radical (unpaired) electrons. The minimum Gasteiger partial charge on any atom is -0.491 e. The summed E-state index contributed by atoms with van der Waals surface area (Å²) in [6.45, 7) is -3.63. The summed E-state index contributed by atoms with van der Waals surface area (Å²) < 4.78 is 189. The lowest BCUT2D eigenvalue weighted by atomic mass is 9.36. The molecule has 3 aromatic rings. The van der Waals surface area contributed by atoms with Crippen molar-refractivity contribution in [2.24, 2.45) is 0 Å². The normalized spacial score (nSPS) is 11.1. The fourth-order valence-corrected chi connectivity index (χ4v) is 3.62. The summed E-state index contributed by atoms with van der Waals surface area (Å²) in [6, 6.07) is 0. The fourth-order valence-electron chi connectivity index (χ4n) is 3.62. The van der Waals surface area contributed by atoms with Crippen LogP contribution in [0.4, 0.5) is 52.7 Å². The van der Waals surface area contributed by atoms with E-state index in [9.17, 15) is 52.7 Å². The van der Waals surface area contributed by atoms with Gasteiger partial charge in [0.15, 0.2) is 52.2 Å². The Morgan fingerprint density at radius 2 is 0.486 bits per heavy atom. The van der Waals surface area contributed by atoms with E-state index >= 15 is 0 Å². The van der Waals surface area contributed by atoms with E-state index in [-0.39, 0.29) is 0 Å². The van der Waals surface area contributed by atoms with Gasteiger partial charge in [-0.3, -0.25) is 0 Å². The molecule has 0 aliphatic carbocycles. The highest BCUT2D eigenvalue weighted by Crippen LogP contribution is 2.30. The molecule has 0 spiro atoms. The minimum atomic E-state index is -3.63. The average molecular weight is 548 g/mol. The maximum Gasteiger partial charge on any atom is 0.265 e. The van der Waals surface area contributed by atoms with Crippen molar-refractivity contribution in [1.29, 1.82) is 0 Å². The molecule has 3 aromatic carbocycles. The summed E-state index contributed by atoms with van der Waals surface area (Å²) in [5.41, 5.74) is -7.00. The lowest BCUT2D eigenvalue weighted by Crippen LogP contribution is -2.60. The molecular weight excluding hydrogens is 539 g/mol. The highest BCUT2D eigenvalue weighted by molar-refractivity contribution is 6.95. The van der Waals surface area contributed by atoms with E-state index in [2.05, 4.69) is 14.2 Å².